The van der Waals surface area contributed by atoms with Crippen molar-refractivity contribution in [1.29, 1.82) is 0 Å². The minimum absolute atomic E-state index is 0.138. The molecule has 92 valence electrons. The van der Waals surface area contributed by atoms with Crippen molar-refractivity contribution in [2.24, 2.45) is 0 Å². The Kier molecular flexibility index (Phi) is 5.29. The van der Waals surface area contributed by atoms with Gasteiger partial charge in [0.1, 0.15) is 0 Å². The van der Waals surface area contributed by atoms with Crippen molar-refractivity contribution in [3.05, 3.63) is 29.3 Å². The Bertz CT molecular complexity index is 409. The lowest BCUT2D eigenvalue weighted by molar-refractivity contribution is -0.140. The standard InChI is InChI=1S/C11H13ClN2O3/c1-17-10(15)5-6-13-11(16)14-9-4-2-3-8(12)7-9/h2-4,7H,5-6H2,1H3,(H2,13,14,16). The number of amides is 2. The topological polar surface area (TPSA) is 67.4 Å². The number of benzene rings is 1. The molecule has 1 aromatic rings. The van der Waals surface area contributed by atoms with Crippen molar-refractivity contribution in [2.45, 2.75) is 6.42 Å². The van der Waals surface area contributed by atoms with Gasteiger partial charge >= 0.3 is 12.0 Å². The van der Waals surface area contributed by atoms with Crippen LogP contribution in [0.3, 0.4) is 0 Å². The Balaban J connectivity index is 2.32. The third-order valence-corrected chi connectivity index (χ3v) is 2.16. The average molecular weight is 257 g/mol. The summed E-state index contributed by atoms with van der Waals surface area (Å²) in [6, 6.07) is 6.39. The fourth-order valence-electron chi connectivity index (χ4n) is 1.12. The lowest BCUT2D eigenvalue weighted by Gasteiger charge is -2.07. The van der Waals surface area contributed by atoms with Gasteiger partial charge in [0.15, 0.2) is 0 Å². The Morgan fingerprint density at radius 2 is 2.18 bits per heavy atom. The number of carbonyl (C=O) groups is 2. The summed E-state index contributed by atoms with van der Waals surface area (Å²) < 4.78 is 4.44. The highest BCUT2D eigenvalue weighted by Crippen LogP contribution is 2.14. The maximum Gasteiger partial charge on any atom is 0.319 e. The van der Waals surface area contributed by atoms with Crippen LogP contribution < -0.4 is 10.6 Å². The first-order valence-corrected chi connectivity index (χ1v) is 5.37. The summed E-state index contributed by atoms with van der Waals surface area (Å²) in [5.74, 6) is -0.368. The highest BCUT2D eigenvalue weighted by atomic mass is 35.5. The molecular weight excluding hydrogens is 244 g/mol. The molecule has 0 aliphatic rings. The molecule has 1 rings (SSSR count). The molecule has 0 bridgehead atoms. The molecule has 6 heteroatoms. The van der Waals surface area contributed by atoms with Crippen LogP contribution in [0.15, 0.2) is 24.3 Å². The lowest BCUT2D eigenvalue weighted by atomic mass is 10.3. The molecule has 5 nitrogen and oxygen atoms in total. The molecule has 2 amide bonds. The van der Waals surface area contributed by atoms with E-state index in [1.165, 1.54) is 7.11 Å². The molecule has 0 atom stereocenters. The number of ether oxygens (including phenoxy) is 1. The minimum atomic E-state index is -0.392. The van der Waals surface area contributed by atoms with Gasteiger partial charge in [0.05, 0.1) is 13.5 Å². The molecule has 0 aliphatic heterocycles. The van der Waals surface area contributed by atoms with E-state index >= 15 is 0 Å². The van der Waals surface area contributed by atoms with Crippen molar-refractivity contribution in [2.75, 3.05) is 19.0 Å². The normalized spacial score (nSPS) is 9.53. The number of carbonyl (C=O) groups excluding carboxylic acids is 2. The fraction of sp³-hybridized carbons (Fsp3) is 0.273. The van der Waals surface area contributed by atoms with Gasteiger partial charge < -0.3 is 15.4 Å². The van der Waals surface area contributed by atoms with Gasteiger partial charge in [-0.3, -0.25) is 4.79 Å². The first-order chi connectivity index (χ1) is 8.11. The summed E-state index contributed by atoms with van der Waals surface area (Å²) in [4.78, 5) is 22.2. The third-order valence-electron chi connectivity index (χ3n) is 1.92. The van der Waals surface area contributed by atoms with Crippen LogP contribution in [-0.4, -0.2) is 25.7 Å². The fourth-order valence-corrected chi connectivity index (χ4v) is 1.31. The summed E-state index contributed by atoms with van der Waals surface area (Å²) in [7, 11) is 1.30. The van der Waals surface area contributed by atoms with E-state index < -0.39 is 6.03 Å². The van der Waals surface area contributed by atoms with E-state index in [4.69, 9.17) is 11.6 Å². The van der Waals surface area contributed by atoms with Crippen LogP contribution in [0.25, 0.3) is 0 Å². The van der Waals surface area contributed by atoms with E-state index in [-0.39, 0.29) is 18.9 Å². The van der Waals surface area contributed by atoms with Gasteiger partial charge in [-0.1, -0.05) is 17.7 Å². The molecular formula is C11H13ClN2O3. The third kappa shape index (κ3) is 5.21. The van der Waals surface area contributed by atoms with Crippen molar-refractivity contribution in [1.82, 2.24) is 5.32 Å². The maximum absolute atomic E-state index is 11.4. The zero-order chi connectivity index (χ0) is 12.7. The van der Waals surface area contributed by atoms with Crippen LogP contribution in [0, 0.1) is 0 Å². The summed E-state index contributed by atoms with van der Waals surface area (Å²) in [5.41, 5.74) is 0.591. The Hall–Kier alpha value is -1.75. The highest BCUT2D eigenvalue weighted by molar-refractivity contribution is 6.30. The first-order valence-electron chi connectivity index (χ1n) is 4.99. The Labute approximate surface area is 104 Å². The highest BCUT2D eigenvalue weighted by Gasteiger charge is 2.04. The molecule has 1 aromatic carbocycles. The number of esters is 1. The molecule has 0 heterocycles. The zero-order valence-electron chi connectivity index (χ0n) is 9.33. The van der Waals surface area contributed by atoms with Gasteiger partial charge in [-0.2, -0.15) is 0 Å². The number of hydrogen-bond donors (Lipinski definition) is 2. The summed E-state index contributed by atoms with van der Waals surface area (Å²) >= 11 is 5.76. The van der Waals surface area contributed by atoms with Gasteiger partial charge in [-0.05, 0) is 18.2 Å². The van der Waals surface area contributed by atoms with Gasteiger partial charge in [0.2, 0.25) is 0 Å². The largest absolute Gasteiger partial charge is 0.469 e. The van der Waals surface area contributed by atoms with E-state index in [1.807, 2.05) is 0 Å². The smallest absolute Gasteiger partial charge is 0.319 e. The van der Waals surface area contributed by atoms with Gasteiger partial charge in [0, 0.05) is 17.3 Å². The summed E-state index contributed by atoms with van der Waals surface area (Å²) in [5, 5.41) is 5.65. The molecule has 0 spiro atoms. The number of halogens is 1. The van der Waals surface area contributed by atoms with Crippen LogP contribution in [-0.2, 0) is 9.53 Å². The van der Waals surface area contributed by atoms with Crippen molar-refractivity contribution in [3.8, 4) is 0 Å². The number of methoxy groups -OCH3 is 1. The molecule has 0 saturated carbocycles. The molecule has 0 aromatic heterocycles. The number of nitrogens with one attached hydrogen (secondary N) is 2. The number of rotatable bonds is 4. The second-order valence-corrected chi connectivity index (χ2v) is 3.65. The zero-order valence-corrected chi connectivity index (χ0v) is 10.1. The van der Waals surface area contributed by atoms with E-state index in [0.717, 1.165) is 0 Å². The summed E-state index contributed by atoms with van der Waals surface area (Å²) in [6.45, 7) is 0.221. The molecule has 0 saturated heterocycles. The van der Waals surface area contributed by atoms with E-state index in [2.05, 4.69) is 15.4 Å². The molecule has 0 unspecified atom stereocenters. The molecule has 0 fully saturated rings. The van der Waals surface area contributed by atoms with Gasteiger partial charge in [-0.25, -0.2) is 4.79 Å². The second-order valence-electron chi connectivity index (χ2n) is 3.22. The van der Waals surface area contributed by atoms with Crippen LogP contribution >= 0.6 is 11.6 Å². The monoisotopic (exact) mass is 256 g/mol. The van der Waals surface area contributed by atoms with Gasteiger partial charge in [-0.15, -0.1) is 0 Å². The average Bonchev–Trinajstić information content (AvgIpc) is 2.28. The second kappa shape index (κ2) is 6.75. The predicted molar refractivity (Wildman–Crippen MR) is 65.1 cm³/mol. The van der Waals surface area contributed by atoms with Crippen LogP contribution in [0.1, 0.15) is 6.42 Å². The molecule has 0 radical (unpaired) electrons. The summed E-state index contributed by atoms with van der Waals surface area (Å²) in [6.07, 6.45) is 0.138. The minimum Gasteiger partial charge on any atom is -0.469 e. The van der Waals surface area contributed by atoms with Crippen LogP contribution in [0.2, 0.25) is 5.02 Å². The molecule has 0 aliphatic carbocycles. The molecule has 2 N–H and O–H groups in total. The van der Waals surface area contributed by atoms with E-state index in [9.17, 15) is 9.59 Å². The van der Waals surface area contributed by atoms with Crippen molar-refractivity contribution >= 4 is 29.3 Å². The van der Waals surface area contributed by atoms with Gasteiger partial charge in [0.25, 0.3) is 0 Å². The number of hydrogen-bond acceptors (Lipinski definition) is 3. The molecule has 17 heavy (non-hydrogen) atoms. The SMILES string of the molecule is COC(=O)CCNC(=O)Nc1cccc(Cl)c1. The number of urea groups is 1. The Morgan fingerprint density at radius 1 is 1.41 bits per heavy atom. The van der Waals surface area contributed by atoms with Crippen LogP contribution in [0.4, 0.5) is 10.5 Å². The Morgan fingerprint density at radius 3 is 2.82 bits per heavy atom. The van der Waals surface area contributed by atoms with Crippen molar-refractivity contribution in [3.63, 3.8) is 0 Å². The van der Waals surface area contributed by atoms with Crippen LogP contribution in [0.5, 0.6) is 0 Å². The quantitative estimate of drug-likeness (QED) is 0.810. The van der Waals surface area contributed by atoms with E-state index in [0.29, 0.717) is 10.7 Å². The number of anilines is 1. The van der Waals surface area contributed by atoms with E-state index in [1.54, 1.807) is 24.3 Å². The van der Waals surface area contributed by atoms with Crippen molar-refractivity contribution < 1.29 is 14.3 Å². The maximum atomic E-state index is 11.4. The lowest BCUT2D eigenvalue weighted by Crippen LogP contribution is -2.30. The first kappa shape index (κ1) is 13.3. The predicted octanol–water partition coefficient (Wildman–Crippen LogP) is 2.02.